The highest BCUT2D eigenvalue weighted by Gasteiger charge is 2.25. The van der Waals surface area contributed by atoms with Gasteiger partial charge in [0.25, 0.3) is 5.91 Å². The first-order valence-corrected chi connectivity index (χ1v) is 6.35. The summed E-state index contributed by atoms with van der Waals surface area (Å²) in [5.41, 5.74) is 0.0908. The number of halogens is 2. The van der Waals surface area contributed by atoms with Crippen molar-refractivity contribution in [2.24, 2.45) is 0 Å². The van der Waals surface area contributed by atoms with Gasteiger partial charge in [-0.25, -0.2) is 4.39 Å². The van der Waals surface area contributed by atoms with E-state index in [4.69, 9.17) is 11.6 Å². The number of carbonyl (C=O) groups excluding carboxylic acids is 2. The molecule has 102 valence electrons. The maximum absolute atomic E-state index is 13.3. The lowest BCUT2D eigenvalue weighted by Gasteiger charge is -2.29. The van der Waals surface area contributed by atoms with Crippen LogP contribution in [-0.2, 0) is 4.79 Å². The number of nitrogens with one attached hydrogen (secondary N) is 1. The average molecular weight is 285 g/mol. The molecule has 1 aromatic carbocycles. The summed E-state index contributed by atoms with van der Waals surface area (Å²) in [6.45, 7) is 0.598. The van der Waals surface area contributed by atoms with Crippen LogP contribution in [0.5, 0.6) is 0 Å². The quantitative estimate of drug-likeness (QED) is 0.901. The van der Waals surface area contributed by atoms with E-state index in [9.17, 15) is 14.0 Å². The summed E-state index contributed by atoms with van der Waals surface area (Å²) in [6.07, 6.45) is 0.941. The minimum atomic E-state index is -0.631. The Morgan fingerprint density at radius 3 is 2.95 bits per heavy atom. The van der Waals surface area contributed by atoms with Gasteiger partial charge in [-0.05, 0) is 18.6 Å². The number of rotatable bonds is 2. The fourth-order valence-electron chi connectivity index (χ4n) is 2.01. The average Bonchev–Trinajstić information content (AvgIpc) is 2.37. The molecule has 0 spiro atoms. The lowest BCUT2D eigenvalue weighted by molar-refractivity contribution is -0.132. The van der Waals surface area contributed by atoms with Crippen molar-refractivity contribution in [1.82, 2.24) is 10.2 Å². The van der Waals surface area contributed by atoms with E-state index in [0.717, 1.165) is 0 Å². The highest BCUT2D eigenvalue weighted by molar-refractivity contribution is 6.34. The van der Waals surface area contributed by atoms with Crippen molar-refractivity contribution in [3.8, 4) is 0 Å². The fourth-order valence-corrected chi connectivity index (χ4v) is 2.22. The van der Waals surface area contributed by atoms with Crippen LogP contribution < -0.4 is 5.32 Å². The molecular formula is C13H14ClFN2O2. The lowest BCUT2D eigenvalue weighted by Crippen LogP contribution is -2.46. The second kappa shape index (κ2) is 5.57. The number of carbonyl (C=O) groups is 2. The van der Waals surface area contributed by atoms with Gasteiger partial charge < -0.3 is 10.2 Å². The summed E-state index contributed by atoms with van der Waals surface area (Å²) < 4.78 is 13.3. The van der Waals surface area contributed by atoms with E-state index >= 15 is 0 Å². The smallest absolute Gasteiger partial charge is 0.253 e. The summed E-state index contributed by atoms with van der Waals surface area (Å²) >= 11 is 5.75. The molecule has 6 heteroatoms. The molecule has 1 fully saturated rings. The second-order valence-electron chi connectivity index (χ2n) is 4.58. The third-order valence-corrected chi connectivity index (χ3v) is 3.58. The third-order valence-electron chi connectivity index (χ3n) is 3.19. The number of likely N-dealkylation sites (tertiary alicyclic amines) is 1. The highest BCUT2D eigenvalue weighted by atomic mass is 35.5. The number of hydrogen-bond donors (Lipinski definition) is 1. The van der Waals surface area contributed by atoms with Crippen molar-refractivity contribution in [1.29, 1.82) is 0 Å². The Kier molecular flexibility index (Phi) is 4.04. The summed E-state index contributed by atoms with van der Waals surface area (Å²) in [6, 6.07) is 3.85. The van der Waals surface area contributed by atoms with Gasteiger partial charge in [0.2, 0.25) is 5.91 Å². The summed E-state index contributed by atoms with van der Waals surface area (Å²) in [7, 11) is 1.73. The number of benzene rings is 1. The van der Waals surface area contributed by atoms with Gasteiger partial charge >= 0.3 is 0 Å². The van der Waals surface area contributed by atoms with Gasteiger partial charge in [-0.15, -0.1) is 0 Å². The van der Waals surface area contributed by atoms with Crippen molar-refractivity contribution in [3.63, 3.8) is 0 Å². The van der Waals surface area contributed by atoms with E-state index < -0.39 is 11.7 Å². The topological polar surface area (TPSA) is 49.4 Å². The molecule has 1 N–H and O–H groups in total. The van der Waals surface area contributed by atoms with E-state index in [1.165, 1.54) is 18.2 Å². The number of nitrogens with zero attached hydrogens (tertiary/aromatic N) is 1. The molecule has 1 unspecified atom stereocenters. The monoisotopic (exact) mass is 284 g/mol. The second-order valence-corrected chi connectivity index (χ2v) is 4.96. The first-order valence-electron chi connectivity index (χ1n) is 5.98. The third kappa shape index (κ3) is 3.04. The van der Waals surface area contributed by atoms with Crippen LogP contribution in [0, 0.1) is 5.82 Å². The van der Waals surface area contributed by atoms with Gasteiger partial charge in [0.15, 0.2) is 0 Å². The van der Waals surface area contributed by atoms with Gasteiger partial charge in [-0.3, -0.25) is 9.59 Å². The zero-order valence-corrected chi connectivity index (χ0v) is 11.2. The van der Waals surface area contributed by atoms with E-state index in [-0.39, 0.29) is 29.0 Å². The highest BCUT2D eigenvalue weighted by Crippen LogP contribution is 2.20. The number of piperidine rings is 1. The van der Waals surface area contributed by atoms with Crippen LogP contribution in [0.25, 0.3) is 0 Å². The molecule has 0 aromatic heterocycles. The molecule has 19 heavy (non-hydrogen) atoms. The predicted molar refractivity (Wildman–Crippen MR) is 69.5 cm³/mol. The molecule has 4 nitrogen and oxygen atoms in total. The van der Waals surface area contributed by atoms with Gasteiger partial charge in [-0.1, -0.05) is 17.7 Å². The SMILES string of the molecule is CN1CCC(NC(=O)c2cccc(F)c2Cl)CC1=O. The van der Waals surface area contributed by atoms with Crippen LogP contribution in [0.3, 0.4) is 0 Å². The Hall–Kier alpha value is -1.62. The summed E-state index contributed by atoms with van der Waals surface area (Å²) in [5.74, 6) is -1.09. The normalized spacial score (nSPS) is 19.4. The van der Waals surface area contributed by atoms with Crippen LogP contribution in [0.2, 0.25) is 5.02 Å². The standard InChI is InChI=1S/C13H14ClFN2O2/c1-17-6-5-8(7-11(17)18)16-13(19)9-3-2-4-10(15)12(9)14/h2-4,8H,5-7H2,1H3,(H,16,19). The van der Waals surface area contributed by atoms with Crippen molar-refractivity contribution in [2.75, 3.05) is 13.6 Å². The number of hydrogen-bond acceptors (Lipinski definition) is 2. The van der Waals surface area contributed by atoms with Gasteiger partial charge in [0.05, 0.1) is 10.6 Å². The minimum Gasteiger partial charge on any atom is -0.349 e. The van der Waals surface area contributed by atoms with Crippen LogP contribution in [0.4, 0.5) is 4.39 Å². The zero-order chi connectivity index (χ0) is 14.0. The zero-order valence-electron chi connectivity index (χ0n) is 10.5. The molecule has 1 aliphatic heterocycles. The largest absolute Gasteiger partial charge is 0.349 e. The van der Waals surface area contributed by atoms with Gasteiger partial charge in [-0.2, -0.15) is 0 Å². The van der Waals surface area contributed by atoms with Crippen LogP contribution >= 0.6 is 11.6 Å². The predicted octanol–water partition coefficient (Wildman–Crippen LogP) is 1.83. The molecule has 0 bridgehead atoms. The molecule has 1 atom stereocenters. The molecule has 1 heterocycles. The first-order chi connectivity index (χ1) is 8.99. The lowest BCUT2D eigenvalue weighted by atomic mass is 10.0. The molecular weight excluding hydrogens is 271 g/mol. The van der Waals surface area contributed by atoms with Crippen molar-refractivity contribution in [2.45, 2.75) is 18.9 Å². The minimum absolute atomic E-state index is 0.0121. The first kappa shape index (κ1) is 13.8. The molecule has 1 aliphatic rings. The van der Waals surface area contributed by atoms with Gasteiger partial charge in [0, 0.05) is 26.1 Å². The Balaban J connectivity index is 2.05. The maximum atomic E-state index is 13.3. The summed E-state index contributed by atoms with van der Waals surface area (Å²) in [4.78, 5) is 25.1. The van der Waals surface area contributed by atoms with E-state index in [1.54, 1.807) is 11.9 Å². The molecule has 0 saturated carbocycles. The van der Waals surface area contributed by atoms with Crippen LogP contribution in [-0.4, -0.2) is 36.3 Å². The van der Waals surface area contributed by atoms with E-state index in [1.807, 2.05) is 0 Å². The molecule has 1 aromatic rings. The Labute approximate surface area is 115 Å². The Morgan fingerprint density at radius 2 is 2.26 bits per heavy atom. The molecule has 2 amide bonds. The Morgan fingerprint density at radius 1 is 1.53 bits per heavy atom. The molecule has 2 rings (SSSR count). The molecule has 0 radical (unpaired) electrons. The molecule has 1 saturated heterocycles. The van der Waals surface area contributed by atoms with Crippen molar-refractivity contribution >= 4 is 23.4 Å². The fraction of sp³-hybridized carbons (Fsp3) is 0.385. The van der Waals surface area contributed by atoms with E-state index in [2.05, 4.69) is 5.32 Å². The summed E-state index contributed by atoms with van der Waals surface area (Å²) in [5, 5.41) is 2.52. The van der Waals surface area contributed by atoms with Crippen LogP contribution in [0.1, 0.15) is 23.2 Å². The van der Waals surface area contributed by atoms with Gasteiger partial charge in [0.1, 0.15) is 5.82 Å². The Bertz CT molecular complexity index is 521. The van der Waals surface area contributed by atoms with Crippen molar-refractivity contribution in [3.05, 3.63) is 34.6 Å². The van der Waals surface area contributed by atoms with Crippen LogP contribution in [0.15, 0.2) is 18.2 Å². The number of amides is 2. The molecule has 0 aliphatic carbocycles. The van der Waals surface area contributed by atoms with E-state index in [0.29, 0.717) is 13.0 Å². The van der Waals surface area contributed by atoms with Crippen molar-refractivity contribution < 1.29 is 14.0 Å². The maximum Gasteiger partial charge on any atom is 0.253 e.